The third kappa shape index (κ3) is 3.93. The topological polar surface area (TPSA) is 71.1 Å². The van der Waals surface area contributed by atoms with Crippen LogP contribution in [0.1, 0.15) is 32.1 Å². The number of pyridine rings is 1. The van der Waals surface area contributed by atoms with E-state index >= 15 is 0 Å². The van der Waals surface area contributed by atoms with Crippen LogP contribution < -0.4 is 10.0 Å². The van der Waals surface area contributed by atoms with Crippen LogP contribution in [-0.2, 0) is 10.0 Å². The summed E-state index contributed by atoms with van der Waals surface area (Å²) in [7, 11) is -1.87. The zero-order valence-electron chi connectivity index (χ0n) is 11.5. The molecule has 0 bridgehead atoms. The molecule has 5 nitrogen and oxygen atoms in total. The number of nitrogens with zero attached hydrogens (tertiary/aromatic N) is 1. The molecule has 1 aliphatic rings. The molecule has 0 atom stereocenters. The van der Waals surface area contributed by atoms with Crippen LogP contribution in [-0.4, -0.2) is 27.0 Å². The molecule has 0 aromatic carbocycles. The van der Waals surface area contributed by atoms with E-state index in [0.717, 1.165) is 12.8 Å². The molecule has 1 heterocycles. The lowest BCUT2D eigenvalue weighted by atomic mass is 9.90. The molecule has 1 aliphatic carbocycles. The van der Waals surface area contributed by atoms with Gasteiger partial charge in [0.1, 0.15) is 10.7 Å². The SMILES string of the molecule is CNc1ncc(Br)cc1S(=O)(=O)NCC1CCCCC1. The monoisotopic (exact) mass is 361 g/mol. The van der Waals surface area contributed by atoms with Crippen LogP contribution >= 0.6 is 15.9 Å². The lowest BCUT2D eigenvalue weighted by Crippen LogP contribution is -2.31. The molecule has 0 radical (unpaired) electrons. The van der Waals surface area contributed by atoms with Crippen molar-refractivity contribution >= 4 is 31.8 Å². The number of sulfonamides is 1. The van der Waals surface area contributed by atoms with Crippen molar-refractivity contribution < 1.29 is 8.42 Å². The minimum atomic E-state index is -3.53. The highest BCUT2D eigenvalue weighted by Gasteiger charge is 2.22. The molecule has 1 saturated carbocycles. The van der Waals surface area contributed by atoms with Crippen molar-refractivity contribution in [2.24, 2.45) is 5.92 Å². The van der Waals surface area contributed by atoms with E-state index in [1.807, 2.05) is 0 Å². The second-order valence-corrected chi connectivity index (χ2v) is 7.76. The summed E-state index contributed by atoms with van der Waals surface area (Å²) in [6, 6.07) is 1.57. The van der Waals surface area contributed by atoms with Gasteiger partial charge in [-0.25, -0.2) is 18.1 Å². The molecular weight excluding hydrogens is 342 g/mol. The molecule has 0 amide bonds. The van der Waals surface area contributed by atoms with Gasteiger partial charge in [-0.15, -0.1) is 0 Å². The molecule has 0 aliphatic heterocycles. The van der Waals surface area contributed by atoms with Gasteiger partial charge in [-0.3, -0.25) is 0 Å². The number of hydrogen-bond donors (Lipinski definition) is 2. The van der Waals surface area contributed by atoms with E-state index in [1.54, 1.807) is 19.3 Å². The molecular formula is C13H20BrN3O2S. The first-order valence-electron chi connectivity index (χ1n) is 6.86. The fourth-order valence-electron chi connectivity index (χ4n) is 2.51. The fraction of sp³-hybridized carbons (Fsp3) is 0.615. The first-order chi connectivity index (χ1) is 9.53. The summed E-state index contributed by atoms with van der Waals surface area (Å²) < 4.78 is 28.2. The Bertz CT molecular complexity index is 557. The molecule has 1 aromatic heterocycles. The first-order valence-corrected chi connectivity index (χ1v) is 9.13. The largest absolute Gasteiger partial charge is 0.372 e. The first kappa shape index (κ1) is 15.7. The second kappa shape index (κ2) is 6.87. The van der Waals surface area contributed by atoms with Gasteiger partial charge in [0.05, 0.1) is 0 Å². The Morgan fingerprint density at radius 1 is 1.35 bits per heavy atom. The maximum absolute atomic E-state index is 12.4. The molecule has 20 heavy (non-hydrogen) atoms. The van der Waals surface area contributed by atoms with Crippen LogP contribution in [0.15, 0.2) is 21.6 Å². The molecule has 7 heteroatoms. The summed E-state index contributed by atoms with van der Waals surface area (Å²) >= 11 is 3.26. The highest BCUT2D eigenvalue weighted by molar-refractivity contribution is 9.10. The summed E-state index contributed by atoms with van der Waals surface area (Å²) in [4.78, 5) is 4.27. The quantitative estimate of drug-likeness (QED) is 0.845. The highest BCUT2D eigenvalue weighted by atomic mass is 79.9. The summed E-state index contributed by atoms with van der Waals surface area (Å²) in [6.07, 6.45) is 7.46. The number of anilines is 1. The van der Waals surface area contributed by atoms with Gasteiger partial charge in [-0.1, -0.05) is 19.3 Å². The molecule has 2 rings (SSSR count). The predicted octanol–water partition coefficient (Wildman–Crippen LogP) is 2.74. The molecule has 0 unspecified atom stereocenters. The van der Waals surface area contributed by atoms with Gasteiger partial charge in [-0.2, -0.15) is 0 Å². The van der Waals surface area contributed by atoms with Crippen molar-refractivity contribution in [2.45, 2.75) is 37.0 Å². The normalized spacial score (nSPS) is 17.1. The third-order valence-electron chi connectivity index (χ3n) is 3.63. The number of halogens is 1. The Hall–Kier alpha value is -0.660. The van der Waals surface area contributed by atoms with Gasteiger partial charge in [0.25, 0.3) is 0 Å². The average molecular weight is 362 g/mol. The maximum atomic E-state index is 12.4. The molecule has 0 saturated heterocycles. The van der Waals surface area contributed by atoms with Crippen molar-refractivity contribution in [3.63, 3.8) is 0 Å². The Kier molecular flexibility index (Phi) is 5.40. The van der Waals surface area contributed by atoms with Gasteiger partial charge in [-0.05, 0) is 40.8 Å². The molecule has 112 valence electrons. The Morgan fingerprint density at radius 3 is 2.70 bits per heavy atom. The zero-order valence-corrected chi connectivity index (χ0v) is 13.9. The van der Waals surface area contributed by atoms with Gasteiger partial charge in [0.15, 0.2) is 0 Å². The maximum Gasteiger partial charge on any atom is 0.244 e. The number of hydrogen-bond acceptors (Lipinski definition) is 4. The number of rotatable bonds is 5. The van der Waals surface area contributed by atoms with Gasteiger partial charge >= 0.3 is 0 Å². The van der Waals surface area contributed by atoms with Gasteiger partial charge in [0, 0.05) is 24.3 Å². The molecule has 1 aromatic rings. The third-order valence-corrected chi connectivity index (χ3v) is 5.50. The van der Waals surface area contributed by atoms with Crippen LogP contribution in [0.25, 0.3) is 0 Å². The molecule has 1 fully saturated rings. The van der Waals surface area contributed by atoms with E-state index in [4.69, 9.17) is 0 Å². The number of nitrogens with one attached hydrogen (secondary N) is 2. The standard InChI is InChI=1S/C13H20BrN3O2S/c1-15-13-12(7-11(14)9-16-13)20(18,19)17-8-10-5-3-2-4-6-10/h7,9-10,17H,2-6,8H2,1H3,(H,15,16). The van der Waals surface area contributed by atoms with Crippen LogP contribution in [0.3, 0.4) is 0 Å². The second-order valence-electron chi connectivity index (χ2n) is 5.11. The van der Waals surface area contributed by atoms with Gasteiger partial charge < -0.3 is 5.32 Å². The predicted molar refractivity (Wildman–Crippen MR) is 83.2 cm³/mol. The van der Waals surface area contributed by atoms with Crippen molar-refractivity contribution in [3.05, 3.63) is 16.7 Å². The van der Waals surface area contributed by atoms with E-state index in [1.165, 1.54) is 19.3 Å². The minimum Gasteiger partial charge on any atom is -0.372 e. The van der Waals surface area contributed by atoms with Crippen LogP contribution in [0, 0.1) is 5.92 Å². The van der Waals surface area contributed by atoms with E-state index in [0.29, 0.717) is 22.8 Å². The van der Waals surface area contributed by atoms with Crippen molar-refractivity contribution in [3.8, 4) is 0 Å². The summed E-state index contributed by atoms with van der Waals surface area (Å²) in [5.74, 6) is 0.820. The Labute approximate surface area is 128 Å². The van der Waals surface area contributed by atoms with Crippen molar-refractivity contribution in [1.82, 2.24) is 9.71 Å². The van der Waals surface area contributed by atoms with Crippen LogP contribution in [0.5, 0.6) is 0 Å². The van der Waals surface area contributed by atoms with E-state index < -0.39 is 10.0 Å². The minimum absolute atomic E-state index is 0.185. The number of aromatic nitrogens is 1. The summed E-state index contributed by atoms with van der Waals surface area (Å²) in [6.45, 7) is 0.512. The van der Waals surface area contributed by atoms with E-state index in [-0.39, 0.29) is 4.90 Å². The van der Waals surface area contributed by atoms with Crippen molar-refractivity contribution in [2.75, 3.05) is 18.9 Å². The lowest BCUT2D eigenvalue weighted by Gasteiger charge is -2.22. The molecule has 2 N–H and O–H groups in total. The fourth-order valence-corrected chi connectivity index (χ4v) is 4.29. The Morgan fingerprint density at radius 2 is 2.05 bits per heavy atom. The molecule has 0 spiro atoms. The van der Waals surface area contributed by atoms with Gasteiger partial charge in [0.2, 0.25) is 10.0 Å². The van der Waals surface area contributed by atoms with Crippen molar-refractivity contribution in [1.29, 1.82) is 0 Å². The smallest absolute Gasteiger partial charge is 0.244 e. The average Bonchev–Trinajstić information content (AvgIpc) is 2.46. The summed E-state index contributed by atoms with van der Waals surface area (Å²) in [5.41, 5.74) is 0. The zero-order chi connectivity index (χ0) is 14.6. The van der Waals surface area contributed by atoms with Crippen LogP contribution in [0.4, 0.5) is 5.82 Å². The Balaban J connectivity index is 2.11. The lowest BCUT2D eigenvalue weighted by molar-refractivity contribution is 0.357. The van der Waals surface area contributed by atoms with E-state index in [9.17, 15) is 8.42 Å². The highest BCUT2D eigenvalue weighted by Crippen LogP contribution is 2.25. The summed E-state index contributed by atoms with van der Waals surface area (Å²) in [5, 5.41) is 2.82. The van der Waals surface area contributed by atoms with E-state index in [2.05, 4.69) is 31.0 Å². The van der Waals surface area contributed by atoms with Crippen LogP contribution in [0.2, 0.25) is 0 Å².